The fourth-order valence-electron chi connectivity index (χ4n) is 3.66. The van der Waals surface area contributed by atoms with Crippen LogP contribution in [0.3, 0.4) is 0 Å². The van der Waals surface area contributed by atoms with Crippen LogP contribution in [0.4, 0.5) is 0 Å². The van der Waals surface area contributed by atoms with E-state index in [9.17, 15) is 25.5 Å². The van der Waals surface area contributed by atoms with Crippen molar-refractivity contribution in [3.63, 3.8) is 0 Å². The third-order valence-corrected chi connectivity index (χ3v) is 4.98. The summed E-state index contributed by atoms with van der Waals surface area (Å²) < 4.78 is 10.9. The molecule has 2 aliphatic rings. The summed E-state index contributed by atoms with van der Waals surface area (Å²) in [6.07, 6.45) is -6.30. The number of rotatable bonds is 3. The van der Waals surface area contributed by atoms with Crippen molar-refractivity contribution >= 4 is 0 Å². The summed E-state index contributed by atoms with van der Waals surface area (Å²) in [5.74, 6) is 6.10. The summed E-state index contributed by atoms with van der Waals surface area (Å²) in [5, 5.41) is 48.8. The van der Waals surface area contributed by atoms with Gasteiger partial charge in [0.1, 0.15) is 30.5 Å². The Labute approximate surface area is 154 Å². The number of aliphatic hydroxyl groups excluding tert-OH is 5. The second kappa shape index (κ2) is 8.36. The van der Waals surface area contributed by atoms with Crippen molar-refractivity contribution < 1.29 is 35.0 Å². The highest BCUT2D eigenvalue weighted by Crippen LogP contribution is 2.39. The van der Waals surface area contributed by atoms with Gasteiger partial charge in [0, 0.05) is 11.0 Å². The Balaban J connectivity index is 2.08. The number of allylic oxidation sites excluding steroid dienone is 1. The lowest BCUT2D eigenvalue weighted by Gasteiger charge is -2.40. The molecular formula is C19H30O7. The summed E-state index contributed by atoms with van der Waals surface area (Å²) in [7, 11) is 0. The van der Waals surface area contributed by atoms with E-state index in [-0.39, 0.29) is 11.5 Å². The zero-order chi connectivity index (χ0) is 19.6. The second-order valence-electron chi connectivity index (χ2n) is 7.85. The molecule has 0 aromatic carbocycles. The van der Waals surface area contributed by atoms with Gasteiger partial charge in [-0.05, 0) is 26.7 Å². The van der Waals surface area contributed by atoms with E-state index >= 15 is 0 Å². The van der Waals surface area contributed by atoms with Gasteiger partial charge in [0.2, 0.25) is 0 Å². The predicted octanol–water partition coefficient (Wildman–Crippen LogP) is -0.308. The first-order valence-electron chi connectivity index (χ1n) is 8.92. The highest BCUT2D eigenvalue weighted by atomic mass is 16.7. The van der Waals surface area contributed by atoms with Gasteiger partial charge < -0.3 is 35.0 Å². The molecule has 0 aromatic rings. The van der Waals surface area contributed by atoms with E-state index in [2.05, 4.69) is 11.8 Å². The number of aliphatic hydroxyl groups is 5. The molecule has 148 valence electrons. The molecule has 0 amide bonds. The molecular weight excluding hydrogens is 340 g/mol. The van der Waals surface area contributed by atoms with Crippen molar-refractivity contribution in [1.82, 2.24) is 0 Å². The number of ether oxygens (including phenoxy) is 2. The molecule has 1 aliphatic heterocycles. The minimum Gasteiger partial charge on any atom is -0.394 e. The lowest BCUT2D eigenvalue weighted by atomic mass is 9.72. The largest absolute Gasteiger partial charge is 0.394 e. The molecule has 0 spiro atoms. The van der Waals surface area contributed by atoms with Crippen molar-refractivity contribution in [3.05, 3.63) is 11.1 Å². The molecule has 0 bridgehead atoms. The highest BCUT2D eigenvalue weighted by molar-refractivity contribution is 5.40. The van der Waals surface area contributed by atoms with Crippen LogP contribution in [0.5, 0.6) is 0 Å². The summed E-state index contributed by atoms with van der Waals surface area (Å²) in [5.41, 5.74) is 1.77. The Hall–Kier alpha value is -0.980. The van der Waals surface area contributed by atoms with Crippen molar-refractivity contribution in [1.29, 1.82) is 0 Å². The van der Waals surface area contributed by atoms with Crippen molar-refractivity contribution in [2.45, 2.75) is 83.5 Å². The zero-order valence-corrected chi connectivity index (χ0v) is 15.7. The van der Waals surface area contributed by atoms with Gasteiger partial charge in [-0.15, -0.1) is 0 Å². The van der Waals surface area contributed by atoms with Gasteiger partial charge in [-0.1, -0.05) is 31.3 Å². The average molecular weight is 370 g/mol. The van der Waals surface area contributed by atoms with E-state index in [0.717, 1.165) is 11.1 Å². The van der Waals surface area contributed by atoms with Gasteiger partial charge in [0.05, 0.1) is 12.7 Å². The maximum atomic E-state index is 10.0. The van der Waals surface area contributed by atoms with Crippen LogP contribution in [0.25, 0.3) is 0 Å². The minimum absolute atomic E-state index is 0.238. The Kier molecular flexibility index (Phi) is 6.86. The van der Waals surface area contributed by atoms with Crippen LogP contribution in [-0.2, 0) is 9.47 Å². The Bertz CT molecular complexity index is 586. The van der Waals surface area contributed by atoms with E-state index in [1.807, 2.05) is 20.8 Å². The molecule has 26 heavy (non-hydrogen) atoms. The van der Waals surface area contributed by atoms with Gasteiger partial charge in [-0.2, -0.15) is 0 Å². The summed E-state index contributed by atoms with van der Waals surface area (Å²) >= 11 is 0. The fourth-order valence-corrected chi connectivity index (χ4v) is 3.66. The zero-order valence-electron chi connectivity index (χ0n) is 15.7. The number of hydrogen-bond donors (Lipinski definition) is 5. The Morgan fingerprint density at radius 3 is 2.42 bits per heavy atom. The van der Waals surface area contributed by atoms with Crippen LogP contribution in [-0.4, -0.2) is 75.1 Å². The monoisotopic (exact) mass is 370 g/mol. The molecule has 1 aliphatic carbocycles. The van der Waals surface area contributed by atoms with Crippen LogP contribution in [0.15, 0.2) is 11.1 Å². The third-order valence-electron chi connectivity index (χ3n) is 4.98. The number of hydrogen-bond acceptors (Lipinski definition) is 7. The standard InChI is InChI=1S/C19H30O7/c1-10-7-12(21)8-19(3,4)13(10)6-5-11(2)25-18-17(24)16(23)15(22)14(9-20)26-18/h11-12,14-18,20-24H,7-9H2,1-4H3. The molecule has 1 heterocycles. The molecule has 0 radical (unpaired) electrons. The van der Waals surface area contributed by atoms with Gasteiger partial charge in [-0.3, -0.25) is 0 Å². The van der Waals surface area contributed by atoms with E-state index in [4.69, 9.17) is 9.47 Å². The first-order valence-corrected chi connectivity index (χ1v) is 8.92. The Morgan fingerprint density at radius 1 is 1.19 bits per heavy atom. The van der Waals surface area contributed by atoms with Gasteiger partial charge in [0.15, 0.2) is 6.29 Å². The molecule has 5 N–H and O–H groups in total. The SMILES string of the molecule is CC1=C(C#CC(C)OC2OC(CO)C(O)C(O)C2O)C(C)(C)CC(O)C1. The van der Waals surface area contributed by atoms with Crippen molar-refractivity contribution in [2.75, 3.05) is 6.61 Å². The minimum atomic E-state index is -1.48. The maximum absolute atomic E-state index is 10.0. The molecule has 0 aromatic heterocycles. The molecule has 1 fully saturated rings. The average Bonchev–Trinajstić information content (AvgIpc) is 2.53. The van der Waals surface area contributed by atoms with Gasteiger partial charge in [-0.25, -0.2) is 0 Å². The predicted molar refractivity (Wildman–Crippen MR) is 93.8 cm³/mol. The summed E-state index contributed by atoms with van der Waals surface area (Å²) in [6.45, 7) is 7.21. The lowest BCUT2D eigenvalue weighted by molar-refractivity contribution is -0.305. The van der Waals surface area contributed by atoms with Gasteiger partial charge >= 0.3 is 0 Å². The Morgan fingerprint density at radius 2 is 1.85 bits per heavy atom. The van der Waals surface area contributed by atoms with E-state index in [0.29, 0.717) is 12.8 Å². The van der Waals surface area contributed by atoms with Crippen LogP contribution in [0.2, 0.25) is 0 Å². The lowest BCUT2D eigenvalue weighted by Crippen LogP contribution is -2.59. The van der Waals surface area contributed by atoms with Crippen LogP contribution >= 0.6 is 0 Å². The summed E-state index contributed by atoms with van der Waals surface area (Å²) in [4.78, 5) is 0. The molecule has 7 unspecified atom stereocenters. The first-order chi connectivity index (χ1) is 12.1. The van der Waals surface area contributed by atoms with Gasteiger partial charge in [0.25, 0.3) is 0 Å². The van der Waals surface area contributed by atoms with Crippen molar-refractivity contribution in [2.24, 2.45) is 5.41 Å². The molecule has 7 heteroatoms. The van der Waals surface area contributed by atoms with Crippen LogP contribution in [0, 0.1) is 17.3 Å². The highest BCUT2D eigenvalue weighted by Gasteiger charge is 2.44. The van der Waals surface area contributed by atoms with E-state index in [1.54, 1.807) is 6.92 Å². The quantitative estimate of drug-likeness (QED) is 0.432. The van der Waals surface area contributed by atoms with Crippen LogP contribution < -0.4 is 0 Å². The second-order valence-corrected chi connectivity index (χ2v) is 7.85. The smallest absolute Gasteiger partial charge is 0.188 e. The first kappa shape index (κ1) is 21.3. The molecule has 7 atom stereocenters. The topological polar surface area (TPSA) is 120 Å². The van der Waals surface area contributed by atoms with Crippen LogP contribution in [0.1, 0.15) is 40.5 Å². The molecule has 2 rings (SSSR count). The fraction of sp³-hybridized carbons (Fsp3) is 0.789. The maximum Gasteiger partial charge on any atom is 0.188 e. The molecule has 1 saturated heterocycles. The summed E-state index contributed by atoms with van der Waals surface area (Å²) in [6, 6.07) is 0. The van der Waals surface area contributed by atoms with Crippen molar-refractivity contribution in [3.8, 4) is 11.8 Å². The third kappa shape index (κ3) is 4.65. The molecule has 7 nitrogen and oxygen atoms in total. The van der Waals surface area contributed by atoms with E-state index in [1.165, 1.54) is 0 Å². The molecule has 0 saturated carbocycles. The normalized spacial score (nSPS) is 38.5. The van der Waals surface area contributed by atoms with E-state index < -0.39 is 43.4 Å².